The van der Waals surface area contributed by atoms with E-state index in [0.717, 1.165) is 29.7 Å². The number of carbonyl (C=O) groups excluding carboxylic acids is 2. The fraction of sp³-hybridized carbons (Fsp3) is 0.200. The molecule has 0 spiro atoms. The van der Waals surface area contributed by atoms with Crippen molar-refractivity contribution in [1.29, 1.82) is 0 Å². The van der Waals surface area contributed by atoms with Crippen molar-refractivity contribution >= 4 is 35.0 Å². The zero-order chi connectivity index (χ0) is 23.6. The molecule has 8 heteroatoms. The second kappa shape index (κ2) is 9.31. The number of nitrogens with one attached hydrogen (secondary N) is 1. The Hall–Kier alpha value is -3.26. The molecule has 0 radical (unpaired) electrons. The number of anilines is 2. The molecule has 1 fully saturated rings. The van der Waals surface area contributed by atoms with E-state index in [2.05, 4.69) is 5.32 Å². The van der Waals surface area contributed by atoms with E-state index in [4.69, 9.17) is 0 Å². The molecule has 1 aliphatic rings. The lowest BCUT2D eigenvalue weighted by molar-refractivity contribution is -0.137. The van der Waals surface area contributed by atoms with Gasteiger partial charge in [0.25, 0.3) is 5.91 Å². The highest BCUT2D eigenvalue weighted by molar-refractivity contribution is 8.00. The standard InChI is InChI=1S/C25H21F3N2O2S/c1-2-16-6-8-17(9-7-16)23(32)29-20-5-3-4-18(14-20)24-30(22(31)15-33-24)21-12-10-19(11-13-21)25(26,27)28/h3-14,24H,2,15H2,1H3,(H,29,32)/t24-/m1/s1. The molecule has 1 aliphatic heterocycles. The van der Waals surface area contributed by atoms with Gasteiger partial charge < -0.3 is 5.32 Å². The van der Waals surface area contributed by atoms with Crippen LogP contribution in [0.3, 0.4) is 0 Å². The largest absolute Gasteiger partial charge is 0.416 e. The van der Waals surface area contributed by atoms with Gasteiger partial charge in [0.15, 0.2) is 0 Å². The summed E-state index contributed by atoms with van der Waals surface area (Å²) in [6.45, 7) is 2.04. The van der Waals surface area contributed by atoms with Crippen LogP contribution in [0.25, 0.3) is 0 Å². The van der Waals surface area contributed by atoms with E-state index in [1.165, 1.54) is 28.8 Å². The van der Waals surface area contributed by atoms with Gasteiger partial charge in [0.1, 0.15) is 5.37 Å². The summed E-state index contributed by atoms with van der Waals surface area (Å²) in [6.07, 6.45) is -3.55. The van der Waals surface area contributed by atoms with Gasteiger partial charge in [-0.05, 0) is 66.1 Å². The molecule has 0 aromatic heterocycles. The predicted molar refractivity (Wildman–Crippen MR) is 124 cm³/mol. The van der Waals surface area contributed by atoms with Crippen molar-refractivity contribution in [2.45, 2.75) is 24.9 Å². The molecule has 4 nitrogen and oxygen atoms in total. The minimum absolute atomic E-state index is 0.185. The van der Waals surface area contributed by atoms with Crippen LogP contribution in [-0.2, 0) is 17.4 Å². The monoisotopic (exact) mass is 470 g/mol. The second-order valence-corrected chi connectivity index (χ2v) is 8.67. The molecule has 1 saturated heterocycles. The summed E-state index contributed by atoms with van der Waals surface area (Å²) < 4.78 is 38.7. The van der Waals surface area contributed by atoms with Crippen LogP contribution in [0.2, 0.25) is 0 Å². The van der Waals surface area contributed by atoms with Gasteiger partial charge in [-0.25, -0.2) is 0 Å². The van der Waals surface area contributed by atoms with Gasteiger partial charge in [-0.15, -0.1) is 11.8 Å². The Morgan fingerprint density at radius 2 is 1.76 bits per heavy atom. The maximum atomic E-state index is 12.9. The molecule has 1 N–H and O–H groups in total. The SMILES string of the molecule is CCc1ccc(C(=O)Nc2cccc([C@H]3SCC(=O)N3c3ccc(C(F)(F)F)cc3)c2)cc1. The van der Waals surface area contributed by atoms with E-state index in [9.17, 15) is 22.8 Å². The maximum absolute atomic E-state index is 12.9. The summed E-state index contributed by atoms with van der Waals surface area (Å²) >= 11 is 1.39. The molecule has 0 saturated carbocycles. The Kier molecular flexibility index (Phi) is 6.47. The van der Waals surface area contributed by atoms with Gasteiger partial charge in [0.2, 0.25) is 5.91 Å². The molecule has 0 aliphatic carbocycles. The number of aryl methyl sites for hydroxylation is 1. The number of amides is 2. The Labute approximate surface area is 193 Å². The third kappa shape index (κ3) is 5.06. The van der Waals surface area contributed by atoms with Gasteiger partial charge in [-0.2, -0.15) is 13.2 Å². The number of rotatable bonds is 5. The van der Waals surface area contributed by atoms with Crippen molar-refractivity contribution in [3.63, 3.8) is 0 Å². The number of nitrogens with zero attached hydrogens (tertiary/aromatic N) is 1. The van der Waals surface area contributed by atoms with Gasteiger partial charge in [0.05, 0.1) is 11.3 Å². The van der Waals surface area contributed by atoms with Gasteiger partial charge in [-0.1, -0.05) is 31.2 Å². The third-order valence-corrected chi connectivity index (χ3v) is 6.61. The van der Waals surface area contributed by atoms with Crippen LogP contribution in [0.15, 0.2) is 72.8 Å². The number of halogens is 3. The van der Waals surface area contributed by atoms with Crippen molar-refractivity contribution in [2.75, 3.05) is 16.0 Å². The topological polar surface area (TPSA) is 49.4 Å². The minimum Gasteiger partial charge on any atom is -0.322 e. The summed E-state index contributed by atoms with van der Waals surface area (Å²) in [4.78, 5) is 26.7. The van der Waals surface area contributed by atoms with Crippen LogP contribution in [0.4, 0.5) is 24.5 Å². The van der Waals surface area contributed by atoms with Crippen LogP contribution < -0.4 is 10.2 Å². The van der Waals surface area contributed by atoms with Crippen molar-refractivity contribution in [3.8, 4) is 0 Å². The molecule has 0 bridgehead atoms. The lowest BCUT2D eigenvalue weighted by Gasteiger charge is -2.25. The first kappa shape index (κ1) is 22.9. The lowest BCUT2D eigenvalue weighted by Crippen LogP contribution is -2.28. The van der Waals surface area contributed by atoms with E-state index in [0.29, 0.717) is 16.9 Å². The van der Waals surface area contributed by atoms with Crippen LogP contribution in [0.5, 0.6) is 0 Å². The number of hydrogen-bond acceptors (Lipinski definition) is 3. The van der Waals surface area contributed by atoms with E-state index in [-0.39, 0.29) is 17.6 Å². The molecule has 3 aromatic carbocycles. The minimum atomic E-state index is -4.44. The molecule has 33 heavy (non-hydrogen) atoms. The summed E-state index contributed by atoms with van der Waals surface area (Å²) in [6, 6.07) is 19.1. The molecule has 1 heterocycles. The molecule has 170 valence electrons. The van der Waals surface area contributed by atoms with Crippen LogP contribution in [0.1, 0.15) is 39.3 Å². The van der Waals surface area contributed by atoms with E-state index < -0.39 is 17.1 Å². The molecule has 1 atom stereocenters. The quantitative estimate of drug-likeness (QED) is 0.476. The summed E-state index contributed by atoms with van der Waals surface area (Å²) in [5.41, 5.74) is 2.65. The number of hydrogen-bond donors (Lipinski definition) is 1. The number of alkyl halides is 3. The highest BCUT2D eigenvalue weighted by atomic mass is 32.2. The third-order valence-electron chi connectivity index (χ3n) is 5.39. The van der Waals surface area contributed by atoms with Gasteiger partial charge in [-0.3, -0.25) is 14.5 Å². The molecule has 4 rings (SSSR count). The molecular weight excluding hydrogens is 449 g/mol. The maximum Gasteiger partial charge on any atom is 0.416 e. The Bertz CT molecular complexity index is 1160. The normalized spacial score (nSPS) is 16.2. The van der Waals surface area contributed by atoms with Crippen molar-refractivity contribution < 1.29 is 22.8 Å². The van der Waals surface area contributed by atoms with Crippen LogP contribution >= 0.6 is 11.8 Å². The lowest BCUT2D eigenvalue weighted by atomic mass is 10.1. The average molecular weight is 471 g/mol. The first-order valence-electron chi connectivity index (χ1n) is 10.4. The molecular formula is C25H21F3N2O2S. The average Bonchev–Trinajstić information content (AvgIpc) is 3.20. The van der Waals surface area contributed by atoms with Crippen molar-refractivity contribution in [2.24, 2.45) is 0 Å². The zero-order valence-corrected chi connectivity index (χ0v) is 18.5. The van der Waals surface area contributed by atoms with Crippen LogP contribution in [-0.4, -0.2) is 17.6 Å². The number of carbonyl (C=O) groups is 2. The smallest absolute Gasteiger partial charge is 0.322 e. The summed E-state index contributed by atoms with van der Waals surface area (Å²) in [5, 5.41) is 2.47. The molecule has 3 aromatic rings. The Morgan fingerprint density at radius 3 is 2.39 bits per heavy atom. The summed E-state index contributed by atoms with van der Waals surface area (Å²) in [5.74, 6) is -0.216. The Balaban J connectivity index is 1.55. The summed E-state index contributed by atoms with van der Waals surface area (Å²) in [7, 11) is 0. The highest BCUT2D eigenvalue weighted by Gasteiger charge is 2.35. The van der Waals surface area contributed by atoms with Crippen molar-refractivity contribution in [1.82, 2.24) is 0 Å². The zero-order valence-electron chi connectivity index (χ0n) is 17.7. The van der Waals surface area contributed by atoms with E-state index >= 15 is 0 Å². The van der Waals surface area contributed by atoms with Crippen molar-refractivity contribution in [3.05, 3.63) is 95.1 Å². The molecule has 2 amide bonds. The first-order valence-corrected chi connectivity index (χ1v) is 11.4. The first-order chi connectivity index (χ1) is 15.8. The van der Waals surface area contributed by atoms with Gasteiger partial charge >= 0.3 is 6.18 Å². The molecule has 0 unspecified atom stereocenters. The number of benzene rings is 3. The van der Waals surface area contributed by atoms with E-state index in [1.807, 2.05) is 25.1 Å². The van der Waals surface area contributed by atoms with E-state index in [1.54, 1.807) is 30.3 Å². The number of thioether (sulfide) groups is 1. The fourth-order valence-corrected chi connectivity index (χ4v) is 4.79. The highest BCUT2D eigenvalue weighted by Crippen LogP contribution is 2.43. The second-order valence-electron chi connectivity index (χ2n) is 7.60. The van der Waals surface area contributed by atoms with Crippen LogP contribution in [0, 0.1) is 0 Å². The predicted octanol–water partition coefficient (Wildman–Crippen LogP) is 6.30. The Morgan fingerprint density at radius 1 is 1.06 bits per heavy atom. The fourth-order valence-electron chi connectivity index (χ4n) is 3.63. The van der Waals surface area contributed by atoms with Gasteiger partial charge in [0, 0.05) is 16.9 Å².